The van der Waals surface area contributed by atoms with Gasteiger partial charge in [-0.25, -0.2) is 9.37 Å². The highest BCUT2D eigenvalue weighted by molar-refractivity contribution is 5.91. The summed E-state index contributed by atoms with van der Waals surface area (Å²) in [7, 11) is 0. The van der Waals surface area contributed by atoms with Crippen molar-refractivity contribution in [3.05, 3.63) is 36.0 Å². The SMILES string of the molecule is N#Cc1ccc2c(NC3CCN(CC(=O)N4C[C@@H](F)CC4C#N)CC3)cccc2n1. The van der Waals surface area contributed by atoms with Gasteiger partial charge in [-0.2, -0.15) is 10.5 Å². The molecule has 4 rings (SSSR count). The van der Waals surface area contributed by atoms with E-state index in [1.807, 2.05) is 30.3 Å². The van der Waals surface area contributed by atoms with Crippen molar-refractivity contribution in [1.29, 1.82) is 10.5 Å². The zero-order valence-corrected chi connectivity index (χ0v) is 16.6. The Morgan fingerprint density at radius 2 is 2.03 bits per heavy atom. The second-order valence-corrected chi connectivity index (χ2v) is 7.90. The van der Waals surface area contributed by atoms with Crippen molar-refractivity contribution < 1.29 is 9.18 Å². The number of anilines is 1. The minimum absolute atomic E-state index is 0.0255. The van der Waals surface area contributed by atoms with E-state index in [0.29, 0.717) is 5.69 Å². The number of benzene rings is 1. The van der Waals surface area contributed by atoms with Gasteiger partial charge in [0.25, 0.3) is 0 Å². The van der Waals surface area contributed by atoms with Gasteiger partial charge in [0, 0.05) is 36.6 Å². The van der Waals surface area contributed by atoms with Crippen molar-refractivity contribution in [3.8, 4) is 12.1 Å². The average Bonchev–Trinajstić information content (AvgIpc) is 3.16. The molecule has 8 heteroatoms. The van der Waals surface area contributed by atoms with Crippen molar-refractivity contribution in [2.75, 3.05) is 31.5 Å². The number of fused-ring (bicyclic) bond motifs is 1. The highest BCUT2D eigenvalue weighted by atomic mass is 19.1. The predicted molar refractivity (Wildman–Crippen MR) is 110 cm³/mol. The van der Waals surface area contributed by atoms with Crippen molar-refractivity contribution in [2.24, 2.45) is 0 Å². The summed E-state index contributed by atoms with van der Waals surface area (Å²) >= 11 is 0. The van der Waals surface area contributed by atoms with Crippen LogP contribution in [0, 0.1) is 22.7 Å². The van der Waals surface area contributed by atoms with Gasteiger partial charge in [0.2, 0.25) is 5.91 Å². The fourth-order valence-corrected chi connectivity index (χ4v) is 4.26. The van der Waals surface area contributed by atoms with Crippen LogP contribution in [0.2, 0.25) is 0 Å². The monoisotopic (exact) mass is 406 g/mol. The van der Waals surface area contributed by atoms with E-state index in [2.05, 4.69) is 21.3 Å². The Bertz CT molecular complexity index is 1020. The maximum absolute atomic E-state index is 13.6. The molecular weight excluding hydrogens is 383 g/mol. The zero-order valence-electron chi connectivity index (χ0n) is 16.6. The van der Waals surface area contributed by atoms with Crippen molar-refractivity contribution in [3.63, 3.8) is 0 Å². The minimum Gasteiger partial charge on any atom is -0.382 e. The van der Waals surface area contributed by atoms with Crippen molar-refractivity contribution in [2.45, 2.75) is 37.5 Å². The van der Waals surface area contributed by atoms with Crippen LogP contribution in [0.1, 0.15) is 25.0 Å². The van der Waals surface area contributed by atoms with Gasteiger partial charge in [-0.05, 0) is 37.1 Å². The van der Waals surface area contributed by atoms with Crippen LogP contribution in [0.15, 0.2) is 30.3 Å². The molecule has 0 aliphatic carbocycles. The molecular formula is C22H23FN6O. The molecule has 7 nitrogen and oxygen atoms in total. The molecule has 0 bridgehead atoms. The topological polar surface area (TPSA) is 96.0 Å². The quantitative estimate of drug-likeness (QED) is 0.838. The van der Waals surface area contributed by atoms with Gasteiger partial charge in [0.15, 0.2) is 0 Å². The molecule has 2 aliphatic heterocycles. The smallest absolute Gasteiger partial charge is 0.237 e. The lowest BCUT2D eigenvalue weighted by molar-refractivity contribution is -0.132. The number of piperidine rings is 1. The lowest BCUT2D eigenvalue weighted by atomic mass is 10.0. The lowest BCUT2D eigenvalue weighted by Crippen LogP contribution is -2.46. The number of hydrogen-bond donors (Lipinski definition) is 1. The normalized spacial score (nSPS) is 22.6. The maximum Gasteiger partial charge on any atom is 0.237 e. The molecule has 3 heterocycles. The summed E-state index contributed by atoms with van der Waals surface area (Å²) in [6.07, 6.45) is 0.763. The van der Waals surface area contributed by atoms with Crippen LogP contribution in [-0.4, -0.2) is 65.1 Å². The molecule has 0 radical (unpaired) electrons. The number of alkyl halides is 1. The Balaban J connectivity index is 1.33. The molecule has 2 atom stereocenters. The number of likely N-dealkylation sites (tertiary alicyclic amines) is 2. The standard InChI is InChI=1S/C22H23FN6O/c23-15-10-18(12-25)29(13-15)22(30)14-28-8-6-16(7-9-28)26-20-2-1-3-21-19(20)5-4-17(11-24)27-21/h1-5,15-16,18,26H,6-10,13-14H2/t15-,18?/m0/s1. The number of nitrogens with one attached hydrogen (secondary N) is 1. The Labute approximate surface area is 174 Å². The van der Waals surface area contributed by atoms with Crippen LogP contribution in [-0.2, 0) is 4.79 Å². The molecule has 1 amide bonds. The molecule has 2 aromatic rings. The van der Waals surface area contributed by atoms with E-state index < -0.39 is 12.2 Å². The van der Waals surface area contributed by atoms with E-state index in [-0.39, 0.29) is 31.5 Å². The predicted octanol–water partition coefficient (Wildman–Crippen LogP) is 2.45. The van der Waals surface area contributed by atoms with E-state index in [9.17, 15) is 9.18 Å². The third-order valence-corrected chi connectivity index (χ3v) is 5.87. The van der Waals surface area contributed by atoms with Crippen molar-refractivity contribution >= 4 is 22.5 Å². The number of rotatable bonds is 4. The molecule has 1 aromatic heterocycles. The zero-order chi connectivity index (χ0) is 21.1. The van der Waals surface area contributed by atoms with Gasteiger partial charge in [0.1, 0.15) is 24.0 Å². The molecule has 0 saturated carbocycles. The van der Waals surface area contributed by atoms with Crippen LogP contribution < -0.4 is 5.32 Å². The lowest BCUT2D eigenvalue weighted by Gasteiger charge is -2.33. The average molecular weight is 406 g/mol. The van der Waals surface area contributed by atoms with Gasteiger partial charge in [-0.15, -0.1) is 0 Å². The number of hydrogen-bond acceptors (Lipinski definition) is 6. The Kier molecular flexibility index (Phi) is 5.78. The molecule has 154 valence electrons. The summed E-state index contributed by atoms with van der Waals surface area (Å²) in [6.45, 7) is 1.77. The fraction of sp³-hybridized carbons (Fsp3) is 0.455. The van der Waals surface area contributed by atoms with E-state index >= 15 is 0 Å². The van der Waals surface area contributed by atoms with Crippen LogP contribution in [0.4, 0.5) is 10.1 Å². The first kappa shape index (κ1) is 20.1. The Morgan fingerprint density at radius 3 is 2.77 bits per heavy atom. The van der Waals surface area contributed by atoms with Crippen LogP contribution in [0.25, 0.3) is 10.9 Å². The first-order valence-electron chi connectivity index (χ1n) is 10.2. The Hall–Kier alpha value is -3.23. The second kappa shape index (κ2) is 8.64. The highest BCUT2D eigenvalue weighted by Gasteiger charge is 2.36. The first-order chi connectivity index (χ1) is 14.6. The molecule has 2 saturated heterocycles. The van der Waals surface area contributed by atoms with Gasteiger partial charge in [-0.1, -0.05) is 6.07 Å². The van der Waals surface area contributed by atoms with Gasteiger partial charge in [-0.3, -0.25) is 9.69 Å². The summed E-state index contributed by atoms with van der Waals surface area (Å²) < 4.78 is 13.6. The molecule has 30 heavy (non-hydrogen) atoms. The van der Waals surface area contributed by atoms with E-state index in [1.54, 1.807) is 6.07 Å². The number of carbonyl (C=O) groups excluding carboxylic acids is 1. The first-order valence-corrected chi connectivity index (χ1v) is 10.2. The van der Waals surface area contributed by atoms with Crippen LogP contribution >= 0.6 is 0 Å². The van der Waals surface area contributed by atoms with Crippen molar-refractivity contribution in [1.82, 2.24) is 14.8 Å². The molecule has 2 fully saturated rings. The highest BCUT2D eigenvalue weighted by Crippen LogP contribution is 2.25. The van der Waals surface area contributed by atoms with Gasteiger partial charge >= 0.3 is 0 Å². The number of pyridine rings is 1. The number of halogens is 1. The van der Waals surface area contributed by atoms with E-state index in [0.717, 1.165) is 42.5 Å². The second-order valence-electron chi connectivity index (χ2n) is 7.90. The summed E-state index contributed by atoms with van der Waals surface area (Å²) in [5.41, 5.74) is 2.17. The van der Waals surface area contributed by atoms with Crippen LogP contribution in [0.5, 0.6) is 0 Å². The number of nitriles is 2. The summed E-state index contributed by atoms with van der Waals surface area (Å²) in [5.74, 6) is -0.165. The fourth-order valence-electron chi connectivity index (χ4n) is 4.26. The third kappa shape index (κ3) is 4.19. The molecule has 0 spiro atoms. The molecule has 1 N–H and O–H groups in total. The van der Waals surface area contributed by atoms with Gasteiger partial charge < -0.3 is 10.2 Å². The maximum atomic E-state index is 13.6. The molecule has 2 aliphatic rings. The van der Waals surface area contributed by atoms with E-state index in [1.165, 1.54) is 4.90 Å². The van der Waals surface area contributed by atoms with Crippen LogP contribution in [0.3, 0.4) is 0 Å². The number of carbonyl (C=O) groups is 1. The third-order valence-electron chi connectivity index (χ3n) is 5.87. The number of aromatic nitrogens is 1. The van der Waals surface area contributed by atoms with E-state index in [4.69, 9.17) is 10.5 Å². The summed E-state index contributed by atoms with van der Waals surface area (Å²) in [5, 5.41) is 22.7. The molecule has 1 aromatic carbocycles. The minimum atomic E-state index is -1.10. The number of amides is 1. The summed E-state index contributed by atoms with van der Waals surface area (Å²) in [6, 6.07) is 13.2. The largest absolute Gasteiger partial charge is 0.382 e. The number of nitrogens with zero attached hydrogens (tertiary/aromatic N) is 5. The molecule has 1 unspecified atom stereocenters. The summed E-state index contributed by atoms with van der Waals surface area (Å²) in [4.78, 5) is 20.3. The Morgan fingerprint density at radius 1 is 1.23 bits per heavy atom. The van der Waals surface area contributed by atoms with Gasteiger partial charge in [0.05, 0.1) is 24.7 Å².